The summed E-state index contributed by atoms with van der Waals surface area (Å²) < 4.78 is 11.1. The number of hydrogen-bond donors (Lipinski definition) is 6. The molecule has 0 aromatic rings. The molecule has 0 spiro atoms. The Morgan fingerprint density at radius 1 is 0.694 bits per heavy atom. The number of aliphatic hydroxyl groups is 5. The first-order chi connectivity index (χ1) is 23.8. The monoisotopic (exact) mass is 685 g/mol. The molecule has 0 aromatic carbocycles. The maximum atomic E-state index is 12.8. The van der Waals surface area contributed by atoms with Crippen LogP contribution in [0.1, 0.15) is 90.9 Å². The number of carbonyl (C=O) groups is 1. The summed E-state index contributed by atoms with van der Waals surface area (Å²) in [6, 6.07) is -0.885. The molecule has 7 unspecified atom stereocenters. The molecule has 1 heterocycles. The van der Waals surface area contributed by atoms with Gasteiger partial charge >= 0.3 is 0 Å². The maximum absolute atomic E-state index is 12.8. The van der Waals surface area contributed by atoms with E-state index in [1.54, 1.807) is 12.2 Å². The normalized spacial score (nSPS) is 23.6. The number of hydrogen-bond acceptors (Lipinski definition) is 8. The molecule has 0 saturated carbocycles. The van der Waals surface area contributed by atoms with Crippen LogP contribution in [0.5, 0.6) is 0 Å². The van der Waals surface area contributed by atoms with Crippen molar-refractivity contribution in [2.75, 3.05) is 13.2 Å². The lowest BCUT2D eigenvalue weighted by molar-refractivity contribution is -0.302. The molecule has 276 valence electrons. The number of unbranched alkanes of at least 4 members (excludes halogenated alkanes) is 3. The summed E-state index contributed by atoms with van der Waals surface area (Å²) in [6.07, 6.45) is 34.8. The third-order valence-electron chi connectivity index (χ3n) is 7.63. The van der Waals surface area contributed by atoms with Gasteiger partial charge in [-0.3, -0.25) is 4.79 Å². The van der Waals surface area contributed by atoms with Crippen LogP contribution in [-0.2, 0) is 14.3 Å². The standard InChI is InChI=1S/C40H63NO8/c1-3-5-7-9-11-13-15-16-17-18-20-22-24-26-28-30-36(44)41-33(32-48-40-39(47)38(46)37(45)35(31-42)49-40)34(43)29-27-25-23-21-19-14-12-10-8-6-4-2/h5,7-8,10-11,13,16-17,19-22,26-29,33-35,37-40,42-43,45-47H,3-4,6,9,12,14-15,18,23-25,30-32H2,1-2H3,(H,41,44)/b7-5-,10-8+,13-11-,17-16-,21-19+,22-20-,28-26-,29-27+. The van der Waals surface area contributed by atoms with Gasteiger partial charge in [0.25, 0.3) is 0 Å². The van der Waals surface area contributed by atoms with Crippen LogP contribution in [0, 0.1) is 0 Å². The fourth-order valence-electron chi connectivity index (χ4n) is 4.73. The van der Waals surface area contributed by atoms with Crippen LogP contribution in [0.25, 0.3) is 0 Å². The van der Waals surface area contributed by atoms with Crippen molar-refractivity contribution in [1.29, 1.82) is 0 Å². The van der Waals surface area contributed by atoms with E-state index in [1.165, 1.54) is 0 Å². The Bertz CT molecular complexity index is 1070. The lowest BCUT2D eigenvalue weighted by Crippen LogP contribution is -2.60. The molecular formula is C40H63NO8. The second kappa shape index (κ2) is 30.0. The summed E-state index contributed by atoms with van der Waals surface area (Å²) in [5.74, 6) is -0.327. The molecule has 1 saturated heterocycles. The van der Waals surface area contributed by atoms with Crippen molar-refractivity contribution < 1.29 is 39.8 Å². The predicted octanol–water partition coefficient (Wildman–Crippen LogP) is 5.82. The van der Waals surface area contributed by atoms with Crippen molar-refractivity contribution in [3.63, 3.8) is 0 Å². The van der Waals surface area contributed by atoms with E-state index >= 15 is 0 Å². The van der Waals surface area contributed by atoms with E-state index in [1.807, 2.05) is 18.2 Å². The minimum atomic E-state index is -1.59. The predicted molar refractivity (Wildman–Crippen MR) is 198 cm³/mol. The van der Waals surface area contributed by atoms with Gasteiger partial charge < -0.3 is 40.3 Å². The van der Waals surface area contributed by atoms with Crippen LogP contribution in [0.3, 0.4) is 0 Å². The third-order valence-corrected chi connectivity index (χ3v) is 7.63. The van der Waals surface area contributed by atoms with Crippen molar-refractivity contribution in [1.82, 2.24) is 5.32 Å². The molecule has 1 rings (SSSR count). The van der Waals surface area contributed by atoms with Gasteiger partial charge in [-0.1, -0.05) is 117 Å². The van der Waals surface area contributed by atoms with Crippen LogP contribution < -0.4 is 5.32 Å². The first kappa shape index (κ1) is 44.1. The van der Waals surface area contributed by atoms with Crippen LogP contribution in [0.15, 0.2) is 97.2 Å². The Morgan fingerprint density at radius 3 is 1.73 bits per heavy atom. The first-order valence-electron chi connectivity index (χ1n) is 18.0. The number of aliphatic hydroxyl groups excluding tert-OH is 5. The summed E-state index contributed by atoms with van der Waals surface area (Å²) in [4.78, 5) is 12.8. The molecular weight excluding hydrogens is 622 g/mol. The smallest absolute Gasteiger partial charge is 0.224 e. The molecule has 9 nitrogen and oxygen atoms in total. The lowest BCUT2D eigenvalue weighted by Gasteiger charge is -2.40. The van der Waals surface area contributed by atoms with Crippen LogP contribution in [-0.4, -0.2) is 87.5 Å². The molecule has 1 aliphatic rings. The quantitative estimate of drug-likeness (QED) is 0.0493. The third kappa shape index (κ3) is 21.7. The van der Waals surface area contributed by atoms with E-state index in [2.05, 4.69) is 86.0 Å². The number of nitrogens with one attached hydrogen (secondary N) is 1. The second-order valence-corrected chi connectivity index (χ2v) is 11.9. The Labute approximate surface area is 294 Å². The molecule has 0 aromatic heterocycles. The van der Waals surface area contributed by atoms with Gasteiger partial charge in [0.2, 0.25) is 5.91 Å². The average molecular weight is 686 g/mol. The topological polar surface area (TPSA) is 149 Å². The Kier molecular flexibility index (Phi) is 27.0. The SMILES string of the molecule is CC/C=C\C/C=C\C/C=C\C/C=C\C/C=C\CC(=O)NC(COC1OC(CO)C(O)C(O)C1O)C(O)/C=C/CC/C=C/CC/C=C/CCC. The van der Waals surface area contributed by atoms with Crippen molar-refractivity contribution in [2.24, 2.45) is 0 Å². The first-order valence-corrected chi connectivity index (χ1v) is 18.0. The van der Waals surface area contributed by atoms with E-state index < -0.39 is 49.5 Å². The lowest BCUT2D eigenvalue weighted by atomic mass is 9.99. The Balaban J connectivity index is 2.61. The van der Waals surface area contributed by atoms with Gasteiger partial charge in [0, 0.05) is 6.42 Å². The summed E-state index contributed by atoms with van der Waals surface area (Å²) in [7, 11) is 0. The summed E-state index contributed by atoms with van der Waals surface area (Å²) in [6.45, 7) is 3.44. The maximum Gasteiger partial charge on any atom is 0.224 e. The second-order valence-electron chi connectivity index (χ2n) is 11.9. The Hall–Kier alpha value is -2.89. The van der Waals surface area contributed by atoms with Gasteiger partial charge in [-0.2, -0.15) is 0 Å². The van der Waals surface area contributed by atoms with Crippen molar-refractivity contribution in [3.05, 3.63) is 97.2 Å². The zero-order valence-electron chi connectivity index (χ0n) is 29.6. The summed E-state index contributed by atoms with van der Waals surface area (Å²) in [5, 5.41) is 53.6. The minimum Gasteiger partial charge on any atom is -0.394 e. The van der Waals surface area contributed by atoms with Crippen molar-refractivity contribution >= 4 is 5.91 Å². The molecule has 0 radical (unpaired) electrons. The number of carbonyl (C=O) groups excluding carboxylic acids is 1. The van der Waals surface area contributed by atoms with Gasteiger partial charge in [-0.25, -0.2) is 0 Å². The van der Waals surface area contributed by atoms with Crippen LogP contribution in [0.4, 0.5) is 0 Å². The average Bonchev–Trinajstić information content (AvgIpc) is 3.10. The molecule has 9 heteroatoms. The molecule has 1 amide bonds. The molecule has 0 bridgehead atoms. The minimum absolute atomic E-state index is 0.0962. The highest BCUT2D eigenvalue weighted by Crippen LogP contribution is 2.22. The molecule has 6 N–H and O–H groups in total. The molecule has 0 aliphatic carbocycles. The van der Waals surface area contributed by atoms with Crippen molar-refractivity contribution in [2.45, 2.75) is 134 Å². The zero-order valence-corrected chi connectivity index (χ0v) is 29.6. The van der Waals surface area contributed by atoms with Gasteiger partial charge in [-0.15, -0.1) is 0 Å². The molecule has 49 heavy (non-hydrogen) atoms. The fourth-order valence-corrected chi connectivity index (χ4v) is 4.73. The van der Waals surface area contributed by atoms with E-state index in [9.17, 15) is 30.3 Å². The highest BCUT2D eigenvalue weighted by atomic mass is 16.7. The van der Waals surface area contributed by atoms with Gasteiger partial charge in [0.1, 0.15) is 24.4 Å². The molecule has 1 aliphatic heterocycles. The van der Waals surface area contributed by atoms with Crippen molar-refractivity contribution in [3.8, 4) is 0 Å². The number of allylic oxidation sites excluding steroid dienone is 14. The largest absolute Gasteiger partial charge is 0.394 e. The number of rotatable bonds is 26. The zero-order chi connectivity index (χ0) is 36.0. The van der Waals surface area contributed by atoms with E-state index in [0.717, 1.165) is 57.8 Å². The van der Waals surface area contributed by atoms with E-state index in [0.29, 0.717) is 12.8 Å². The van der Waals surface area contributed by atoms with E-state index in [-0.39, 0.29) is 18.9 Å². The highest BCUT2D eigenvalue weighted by molar-refractivity contribution is 5.77. The van der Waals surface area contributed by atoms with Crippen LogP contribution in [0.2, 0.25) is 0 Å². The highest BCUT2D eigenvalue weighted by Gasteiger charge is 2.44. The van der Waals surface area contributed by atoms with E-state index in [4.69, 9.17) is 9.47 Å². The molecule has 7 atom stereocenters. The summed E-state index contributed by atoms with van der Waals surface area (Å²) >= 11 is 0. The van der Waals surface area contributed by atoms with Gasteiger partial charge in [-0.05, 0) is 64.2 Å². The van der Waals surface area contributed by atoms with Gasteiger partial charge in [0.05, 0.1) is 25.4 Å². The number of ether oxygens (including phenoxy) is 2. The molecule has 1 fully saturated rings. The Morgan fingerprint density at radius 2 is 1.20 bits per heavy atom. The fraction of sp³-hybridized carbons (Fsp3) is 0.575. The summed E-state index contributed by atoms with van der Waals surface area (Å²) in [5.41, 5.74) is 0. The number of amides is 1. The van der Waals surface area contributed by atoms with Gasteiger partial charge in [0.15, 0.2) is 6.29 Å². The van der Waals surface area contributed by atoms with Crippen LogP contribution >= 0.6 is 0 Å².